The van der Waals surface area contributed by atoms with E-state index in [1.54, 1.807) is 4.90 Å². The number of fused-ring (bicyclic) bond motifs is 2. The summed E-state index contributed by atoms with van der Waals surface area (Å²) in [6.45, 7) is 1.29. The highest BCUT2D eigenvalue weighted by molar-refractivity contribution is 5.68. The number of halogens is 3. The number of carbonyl (C=O) groups excluding carboxylic acids is 1. The first-order valence-corrected chi connectivity index (χ1v) is 9.64. The van der Waals surface area contributed by atoms with Crippen LogP contribution in [0, 0.1) is 11.8 Å². The van der Waals surface area contributed by atoms with E-state index in [2.05, 4.69) is 10.3 Å². The maximum atomic E-state index is 12.7. The molecule has 2 aliphatic heterocycles. The molecule has 3 aliphatic rings. The van der Waals surface area contributed by atoms with Crippen molar-refractivity contribution in [1.29, 1.82) is 0 Å². The molecule has 5 rings (SSSR count). The molecule has 154 valence electrons. The van der Waals surface area contributed by atoms with Gasteiger partial charge in [-0.3, -0.25) is 0 Å². The Balaban J connectivity index is 1.36. The van der Waals surface area contributed by atoms with Gasteiger partial charge < -0.3 is 15.0 Å². The molecule has 1 saturated carbocycles. The Hall–Kier alpha value is -2.77. The van der Waals surface area contributed by atoms with Gasteiger partial charge in [-0.1, -0.05) is 30.3 Å². The lowest BCUT2D eigenvalue weighted by Crippen LogP contribution is -2.60. The first-order chi connectivity index (χ1) is 13.9. The van der Waals surface area contributed by atoms with Crippen LogP contribution in [-0.2, 0) is 17.5 Å². The van der Waals surface area contributed by atoms with E-state index in [1.807, 2.05) is 30.3 Å². The lowest BCUT2D eigenvalue weighted by Gasteiger charge is -2.52. The Kier molecular flexibility index (Phi) is 5.34. The maximum absolute atomic E-state index is 12.7. The predicted molar refractivity (Wildman–Crippen MR) is 101 cm³/mol. The van der Waals surface area contributed by atoms with Crippen molar-refractivity contribution in [2.45, 2.75) is 31.7 Å². The summed E-state index contributed by atoms with van der Waals surface area (Å²) in [6.07, 6.45) is -1.82. The molecule has 1 aromatic heterocycles. The number of hydrogen-bond acceptors (Lipinski definition) is 4. The molecule has 29 heavy (non-hydrogen) atoms. The molecule has 8 heteroatoms. The lowest BCUT2D eigenvalue weighted by atomic mass is 9.67. The van der Waals surface area contributed by atoms with Crippen molar-refractivity contribution < 1.29 is 22.7 Å². The number of rotatable bonds is 5. The number of nitrogens with zero attached hydrogens (tertiary/aromatic N) is 2. The zero-order valence-corrected chi connectivity index (χ0v) is 15.7. The Bertz CT molecular complexity index is 836. The van der Waals surface area contributed by atoms with Crippen molar-refractivity contribution in [2.75, 3.05) is 18.4 Å². The standard InChI is InChI=1S/C21H22F3N3O2/c22-21(23,24)17-6-7-19(25-10-17)26-11-18-16-8-15(9-16)12-27(18)20(28)29-13-14-4-2-1-3-5-14/h1-7,10,15-16,18H,8-9,11-13H2,(H,25,26)/t15?,16?,18-/m1/s1. The molecule has 3 fully saturated rings. The van der Waals surface area contributed by atoms with Crippen molar-refractivity contribution in [3.8, 4) is 0 Å². The van der Waals surface area contributed by atoms with Crippen molar-refractivity contribution >= 4 is 11.9 Å². The summed E-state index contributed by atoms with van der Waals surface area (Å²) in [4.78, 5) is 18.2. The average molecular weight is 405 g/mol. The Morgan fingerprint density at radius 1 is 1.17 bits per heavy atom. The van der Waals surface area contributed by atoms with Gasteiger partial charge in [0, 0.05) is 19.3 Å². The van der Waals surface area contributed by atoms with Gasteiger partial charge in [-0.25, -0.2) is 9.78 Å². The normalized spacial score (nSPS) is 23.3. The molecule has 1 aromatic carbocycles. The first kappa shape index (κ1) is 19.5. The van der Waals surface area contributed by atoms with Crippen molar-refractivity contribution in [1.82, 2.24) is 9.88 Å². The fraction of sp³-hybridized carbons (Fsp3) is 0.429. The van der Waals surface area contributed by atoms with E-state index in [0.29, 0.717) is 30.7 Å². The summed E-state index contributed by atoms with van der Waals surface area (Å²) in [5.41, 5.74) is 0.139. The van der Waals surface area contributed by atoms with Gasteiger partial charge in [0.2, 0.25) is 0 Å². The SMILES string of the molecule is O=C(OCc1ccccc1)N1CC2CC(C2)[C@H]1CNc1ccc(C(F)(F)F)cn1. The van der Waals surface area contributed by atoms with Crippen molar-refractivity contribution in [2.24, 2.45) is 11.8 Å². The third-order valence-electron chi connectivity index (χ3n) is 5.69. The van der Waals surface area contributed by atoms with Gasteiger partial charge in [-0.05, 0) is 42.4 Å². The van der Waals surface area contributed by atoms with Crippen LogP contribution in [0.2, 0.25) is 0 Å². The smallest absolute Gasteiger partial charge is 0.417 e. The van der Waals surface area contributed by atoms with E-state index in [4.69, 9.17) is 4.74 Å². The number of benzene rings is 1. The number of anilines is 1. The third kappa shape index (κ3) is 4.46. The van der Waals surface area contributed by atoms with Crippen LogP contribution < -0.4 is 5.32 Å². The second kappa shape index (κ2) is 7.93. The van der Waals surface area contributed by atoms with Gasteiger partial charge in [0.15, 0.2) is 0 Å². The second-order valence-corrected chi connectivity index (χ2v) is 7.67. The number of aromatic nitrogens is 1. The summed E-state index contributed by atoms with van der Waals surface area (Å²) in [7, 11) is 0. The van der Waals surface area contributed by atoms with E-state index in [-0.39, 0.29) is 18.7 Å². The van der Waals surface area contributed by atoms with Gasteiger partial charge in [0.1, 0.15) is 12.4 Å². The Labute approximate surface area is 166 Å². The fourth-order valence-corrected chi connectivity index (χ4v) is 4.08. The molecule has 1 aliphatic carbocycles. The monoisotopic (exact) mass is 405 g/mol. The van der Waals surface area contributed by atoms with Crippen LogP contribution in [0.3, 0.4) is 0 Å². The van der Waals surface area contributed by atoms with Crippen LogP contribution in [0.4, 0.5) is 23.8 Å². The molecular formula is C21H22F3N3O2. The van der Waals surface area contributed by atoms with Gasteiger partial charge in [-0.15, -0.1) is 0 Å². The molecule has 2 bridgehead atoms. The maximum Gasteiger partial charge on any atom is 0.417 e. The highest BCUT2D eigenvalue weighted by Gasteiger charge is 2.46. The minimum Gasteiger partial charge on any atom is -0.445 e. The van der Waals surface area contributed by atoms with Crippen LogP contribution in [0.25, 0.3) is 0 Å². The van der Waals surface area contributed by atoms with Crippen LogP contribution in [0.15, 0.2) is 48.7 Å². The van der Waals surface area contributed by atoms with E-state index < -0.39 is 11.7 Å². The van der Waals surface area contributed by atoms with E-state index in [0.717, 1.165) is 30.7 Å². The van der Waals surface area contributed by atoms with E-state index >= 15 is 0 Å². The molecule has 1 atom stereocenters. The van der Waals surface area contributed by atoms with E-state index in [9.17, 15) is 18.0 Å². The number of carbonyl (C=O) groups is 1. The van der Waals surface area contributed by atoms with Gasteiger partial charge in [-0.2, -0.15) is 13.2 Å². The quantitative estimate of drug-likeness (QED) is 0.793. The molecule has 2 aromatic rings. The molecule has 0 radical (unpaired) electrons. The Morgan fingerprint density at radius 3 is 2.59 bits per heavy atom. The number of alkyl halides is 3. The van der Waals surface area contributed by atoms with Gasteiger partial charge in [0.25, 0.3) is 0 Å². The van der Waals surface area contributed by atoms with Crippen molar-refractivity contribution in [3.05, 3.63) is 59.8 Å². The second-order valence-electron chi connectivity index (χ2n) is 7.67. The summed E-state index contributed by atoms with van der Waals surface area (Å²) in [5, 5.41) is 3.08. The zero-order chi connectivity index (χ0) is 20.4. The van der Waals surface area contributed by atoms with Crippen LogP contribution in [0.1, 0.15) is 24.0 Å². The van der Waals surface area contributed by atoms with E-state index in [1.165, 1.54) is 6.07 Å². The fourth-order valence-electron chi connectivity index (χ4n) is 4.08. The minimum atomic E-state index is -4.41. The number of ether oxygens (including phenoxy) is 1. The van der Waals surface area contributed by atoms with Crippen LogP contribution in [0.5, 0.6) is 0 Å². The minimum absolute atomic E-state index is 0.0626. The predicted octanol–water partition coefficient (Wildman–Crippen LogP) is 4.56. The molecule has 1 N–H and O–H groups in total. The molecule has 3 heterocycles. The van der Waals surface area contributed by atoms with Crippen molar-refractivity contribution in [3.63, 3.8) is 0 Å². The summed E-state index contributed by atoms with van der Waals surface area (Å²) >= 11 is 0. The summed E-state index contributed by atoms with van der Waals surface area (Å²) in [6, 6.07) is 11.7. The van der Waals surface area contributed by atoms with Crippen LogP contribution in [-0.4, -0.2) is 35.1 Å². The molecule has 0 unspecified atom stereocenters. The lowest BCUT2D eigenvalue weighted by molar-refractivity contribution is -0.137. The highest BCUT2D eigenvalue weighted by atomic mass is 19.4. The van der Waals surface area contributed by atoms with Gasteiger partial charge >= 0.3 is 12.3 Å². The number of hydrogen-bond donors (Lipinski definition) is 1. The topological polar surface area (TPSA) is 54.5 Å². The van der Waals surface area contributed by atoms with Crippen LogP contribution >= 0.6 is 0 Å². The van der Waals surface area contributed by atoms with Gasteiger partial charge in [0.05, 0.1) is 11.6 Å². The molecule has 0 spiro atoms. The average Bonchev–Trinajstić information content (AvgIpc) is 2.70. The largest absolute Gasteiger partial charge is 0.445 e. The number of amides is 1. The third-order valence-corrected chi connectivity index (χ3v) is 5.69. The Morgan fingerprint density at radius 2 is 1.93 bits per heavy atom. The molecular weight excluding hydrogens is 383 g/mol. The highest BCUT2D eigenvalue weighted by Crippen LogP contribution is 2.44. The summed E-state index contributed by atoms with van der Waals surface area (Å²) < 4.78 is 43.5. The number of nitrogens with one attached hydrogen (secondary N) is 1. The number of piperidine rings is 2. The molecule has 2 saturated heterocycles. The molecule has 5 nitrogen and oxygen atoms in total. The first-order valence-electron chi connectivity index (χ1n) is 9.64. The molecule has 1 amide bonds. The summed E-state index contributed by atoms with van der Waals surface area (Å²) in [5.74, 6) is 1.24. The zero-order valence-electron chi connectivity index (χ0n) is 15.7. The number of pyridine rings is 1.